The first-order valence-corrected chi connectivity index (χ1v) is 4.51. The molecule has 0 atom stereocenters. The first-order chi connectivity index (χ1) is 7.22. The SMILES string of the molecule is C=CC(=O)c1cc(=O)c2ccccc2[nH]1. The molecule has 2 rings (SSSR count). The highest BCUT2D eigenvalue weighted by atomic mass is 16.1. The Morgan fingerprint density at radius 2 is 2.07 bits per heavy atom. The minimum Gasteiger partial charge on any atom is -0.352 e. The number of H-pyrrole nitrogens is 1. The molecular formula is C12H9NO2. The zero-order chi connectivity index (χ0) is 10.8. The van der Waals surface area contributed by atoms with Crippen LogP contribution in [-0.2, 0) is 0 Å². The lowest BCUT2D eigenvalue weighted by atomic mass is 10.1. The number of hydrogen-bond acceptors (Lipinski definition) is 2. The molecule has 1 aromatic carbocycles. The Labute approximate surface area is 86.1 Å². The summed E-state index contributed by atoms with van der Waals surface area (Å²) in [6, 6.07) is 8.37. The van der Waals surface area contributed by atoms with Crippen LogP contribution in [0.4, 0.5) is 0 Å². The number of allylic oxidation sites excluding steroid dienone is 1. The number of carbonyl (C=O) groups is 1. The van der Waals surface area contributed by atoms with Gasteiger partial charge in [0.2, 0.25) is 5.78 Å². The Morgan fingerprint density at radius 3 is 2.80 bits per heavy atom. The second kappa shape index (κ2) is 3.53. The molecule has 2 aromatic rings. The maximum atomic E-state index is 11.6. The van der Waals surface area contributed by atoms with Gasteiger partial charge in [0.25, 0.3) is 0 Å². The summed E-state index contributed by atoms with van der Waals surface area (Å²) in [5, 5.41) is 0.582. The van der Waals surface area contributed by atoms with E-state index in [9.17, 15) is 9.59 Å². The van der Waals surface area contributed by atoms with Gasteiger partial charge in [0.15, 0.2) is 5.43 Å². The van der Waals surface area contributed by atoms with Gasteiger partial charge in [0.05, 0.1) is 5.69 Å². The minimum absolute atomic E-state index is 0.158. The summed E-state index contributed by atoms with van der Waals surface area (Å²) >= 11 is 0. The van der Waals surface area contributed by atoms with Crippen LogP contribution in [0.25, 0.3) is 10.9 Å². The van der Waals surface area contributed by atoms with Crippen molar-refractivity contribution in [3.8, 4) is 0 Å². The topological polar surface area (TPSA) is 49.9 Å². The van der Waals surface area contributed by atoms with E-state index in [1.165, 1.54) is 12.1 Å². The van der Waals surface area contributed by atoms with Crippen molar-refractivity contribution in [1.82, 2.24) is 4.98 Å². The van der Waals surface area contributed by atoms with Crippen molar-refractivity contribution >= 4 is 16.7 Å². The molecule has 15 heavy (non-hydrogen) atoms. The van der Waals surface area contributed by atoms with Crippen molar-refractivity contribution in [3.63, 3.8) is 0 Å². The van der Waals surface area contributed by atoms with Crippen LogP contribution in [0.2, 0.25) is 0 Å². The van der Waals surface area contributed by atoms with Crippen LogP contribution in [0.1, 0.15) is 10.5 Å². The first-order valence-electron chi connectivity index (χ1n) is 4.51. The number of aromatic amines is 1. The van der Waals surface area contributed by atoms with Gasteiger partial charge < -0.3 is 4.98 Å². The Balaban J connectivity index is 2.78. The van der Waals surface area contributed by atoms with Gasteiger partial charge in [0, 0.05) is 17.0 Å². The van der Waals surface area contributed by atoms with E-state index in [0.717, 1.165) is 0 Å². The van der Waals surface area contributed by atoms with Crippen molar-refractivity contribution in [2.45, 2.75) is 0 Å². The van der Waals surface area contributed by atoms with Crippen LogP contribution in [0.3, 0.4) is 0 Å². The van der Waals surface area contributed by atoms with Crippen LogP contribution in [0.15, 0.2) is 47.8 Å². The molecule has 74 valence electrons. The largest absolute Gasteiger partial charge is 0.352 e. The molecule has 0 radical (unpaired) electrons. The molecule has 0 bridgehead atoms. The Morgan fingerprint density at radius 1 is 1.33 bits per heavy atom. The van der Waals surface area contributed by atoms with Crippen LogP contribution in [-0.4, -0.2) is 10.8 Å². The molecule has 1 aromatic heterocycles. The summed E-state index contributed by atoms with van der Waals surface area (Å²) in [5.41, 5.74) is 0.776. The molecule has 0 saturated carbocycles. The van der Waals surface area contributed by atoms with Crippen LogP contribution in [0.5, 0.6) is 0 Å². The van der Waals surface area contributed by atoms with Crippen molar-refractivity contribution in [1.29, 1.82) is 0 Å². The Kier molecular flexibility index (Phi) is 2.21. The fourth-order valence-electron chi connectivity index (χ4n) is 1.44. The lowest BCUT2D eigenvalue weighted by Gasteiger charge is -2.00. The molecule has 0 fully saturated rings. The van der Waals surface area contributed by atoms with Gasteiger partial charge in [-0.25, -0.2) is 0 Å². The third kappa shape index (κ3) is 1.59. The summed E-state index contributed by atoms with van der Waals surface area (Å²) in [5.74, 6) is -0.280. The van der Waals surface area contributed by atoms with Gasteiger partial charge in [-0.1, -0.05) is 18.7 Å². The molecule has 3 nitrogen and oxygen atoms in total. The number of aromatic nitrogens is 1. The molecule has 0 saturated heterocycles. The Bertz CT molecular complexity index is 596. The molecule has 3 heteroatoms. The number of pyridine rings is 1. The van der Waals surface area contributed by atoms with E-state index in [0.29, 0.717) is 10.9 Å². The number of ketones is 1. The predicted octanol–water partition coefficient (Wildman–Crippen LogP) is 1.90. The normalized spacial score (nSPS) is 10.1. The second-order valence-corrected chi connectivity index (χ2v) is 3.16. The van der Waals surface area contributed by atoms with Crippen LogP contribution in [0, 0.1) is 0 Å². The maximum absolute atomic E-state index is 11.6. The highest BCUT2D eigenvalue weighted by Crippen LogP contribution is 2.07. The third-order valence-electron chi connectivity index (χ3n) is 2.19. The summed E-state index contributed by atoms with van der Waals surface area (Å²) in [6.07, 6.45) is 1.18. The molecule has 1 heterocycles. The molecular weight excluding hydrogens is 190 g/mol. The molecule has 1 N–H and O–H groups in total. The number of fused-ring (bicyclic) bond motifs is 1. The number of para-hydroxylation sites is 1. The number of benzene rings is 1. The molecule has 0 amide bonds. The molecule has 0 aliphatic heterocycles. The monoisotopic (exact) mass is 199 g/mol. The van der Waals surface area contributed by atoms with Crippen molar-refractivity contribution in [3.05, 3.63) is 58.9 Å². The summed E-state index contributed by atoms with van der Waals surface area (Å²) in [6.45, 7) is 3.38. The van der Waals surface area contributed by atoms with Gasteiger partial charge in [-0.05, 0) is 18.2 Å². The van der Waals surface area contributed by atoms with E-state index in [4.69, 9.17) is 0 Å². The van der Waals surface area contributed by atoms with Gasteiger partial charge in [-0.15, -0.1) is 0 Å². The lowest BCUT2D eigenvalue weighted by molar-refractivity contribution is 0.104. The van der Waals surface area contributed by atoms with E-state index >= 15 is 0 Å². The van der Waals surface area contributed by atoms with Gasteiger partial charge >= 0.3 is 0 Å². The van der Waals surface area contributed by atoms with E-state index < -0.39 is 0 Å². The highest BCUT2D eigenvalue weighted by molar-refractivity contribution is 6.03. The smallest absolute Gasteiger partial charge is 0.201 e. The van der Waals surface area contributed by atoms with Crippen LogP contribution >= 0.6 is 0 Å². The zero-order valence-electron chi connectivity index (χ0n) is 7.99. The van der Waals surface area contributed by atoms with E-state index in [-0.39, 0.29) is 16.9 Å². The van der Waals surface area contributed by atoms with Crippen molar-refractivity contribution < 1.29 is 4.79 Å². The zero-order valence-corrected chi connectivity index (χ0v) is 7.99. The van der Waals surface area contributed by atoms with Crippen molar-refractivity contribution in [2.24, 2.45) is 0 Å². The predicted molar refractivity (Wildman–Crippen MR) is 59.1 cm³/mol. The number of carbonyl (C=O) groups excluding carboxylic acids is 1. The third-order valence-corrected chi connectivity index (χ3v) is 2.19. The Hall–Kier alpha value is -2.16. The van der Waals surface area contributed by atoms with E-state index in [1.807, 2.05) is 0 Å². The number of rotatable bonds is 2. The van der Waals surface area contributed by atoms with E-state index in [2.05, 4.69) is 11.6 Å². The maximum Gasteiger partial charge on any atom is 0.201 e. The minimum atomic E-state index is -0.280. The van der Waals surface area contributed by atoms with Crippen molar-refractivity contribution in [2.75, 3.05) is 0 Å². The quantitative estimate of drug-likeness (QED) is 0.593. The number of hydrogen-bond donors (Lipinski definition) is 1. The first kappa shape index (κ1) is 9.40. The molecule has 0 aliphatic carbocycles. The summed E-state index contributed by atoms with van der Waals surface area (Å²) < 4.78 is 0. The summed E-state index contributed by atoms with van der Waals surface area (Å²) in [4.78, 5) is 25.8. The molecule has 0 unspecified atom stereocenters. The van der Waals surface area contributed by atoms with Crippen LogP contribution < -0.4 is 5.43 Å². The average Bonchev–Trinajstić information content (AvgIpc) is 2.28. The van der Waals surface area contributed by atoms with Gasteiger partial charge in [-0.3, -0.25) is 9.59 Å². The lowest BCUT2D eigenvalue weighted by Crippen LogP contribution is -2.08. The van der Waals surface area contributed by atoms with Gasteiger partial charge in [0.1, 0.15) is 0 Å². The summed E-state index contributed by atoms with van der Waals surface area (Å²) in [7, 11) is 0. The highest BCUT2D eigenvalue weighted by Gasteiger charge is 2.05. The average molecular weight is 199 g/mol. The standard InChI is InChI=1S/C12H9NO2/c1-2-11(14)10-7-12(15)8-5-3-4-6-9(8)13-10/h2-7H,1H2,(H,13,15). The second-order valence-electron chi connectivity index (χ2n) is 3.16. The molecule has 0 aliphatic rings. The fraction of sp³-hybridized carbons (Fsp3) is 0. The molecule has 0 spiro atoms. The fourth-order valence-corrected chi connectivity index (χ4v) is 1.44. The van der Waals surface area contributed by atoms with E-state index in [1.54, 1.807) is 24.3 Å². The van der Waals surface area contributed by atoms with Gasteiger partial charge in [-0.2, -0.15) is 0 Å². The number of nitrogens with one attached hydrogen (secondary N) is 1.